The molecule has 0 aliphatic heterocycles. The molecule has 2 aromatic rings. The van der Waals surface area contributed by atoms with Crippen LogP contribution in [0.25, 0.3) is 0 Å². The van der Waals surface area contributed by atoms with Gasteiger partial charge in [-0.25, -0.2) is 4.98 Å². The molecule has 17 heavy (non-hydrogen) atoms. The quantitative estimate of drug-likeness (QED) is 0.835. The summed E-state index contributed by atoms with van der Waals surface area (Å²) in [4.78, 5) is 12.5. The van der Waals surface area contributed by atoms with Crippen molar-refractivity contribution in [2.45, 2.75) is 13.5 Å². The molecule has 5 nitrogen and oxygen atoms in total. The van der Waals surface area contributed by atoms with E-state index in [4.69, 9.17) is 5.73 Å². The minimum absolute atomic E-state index is 0.284. The van der Waals surface area contributed by atoms with Crippen LogP contribution in [0.3, 0.4) is 0 Å². The van der Waals surface area contributed by atoms with Gasteiger partial charge >= 0.3 is 0 Å². The summed E-state index contributed by atoms with van der Waals surface area (Å²) >= 11 is 2.20. The van der Waals surface area contributed by atoms with Gasteiger partial charge in [0.2, 0.25) is 5.95 Å². The highest BCUT2D eigenvalue weighted by Gasteiger charge is 2.07. The number of halogens is 1. The molecule has 0 aromatic carbocycles. The van der Waals surface area contributed by atoms with Crippen LogP contribution in [-0.4, -0.2) is 15.0 Å². The van der Waals surface area contributed by atoms with Gasteiger partial charge in [-0.3, -0.25) is 4.98 Å². The molecular weight excluding hydrogens is 329 g/mol. The van der Waals surface area contributed by atoms with Crippen LogP contribution >= 0.6 is 22.6 Å². The fourth-order valence-electron chi connectivity index (χ4n) is 1.37. The maximum Gasteiger partial charge on any atom is 0.222 e. The monoisotopic (exact) mass is 341 g/mol. The Hall–Kier alpha value is -1.44. The third-order valence-electron chi connectivity index (χ3n) is 2.20. The predicted molar refractivity (Wildman–Crippen MR) is 75.5 cm³/mol. The van der Waals surface area contributed by atoms with Crippen LogP contribution in [0.5, 0.6) is 0 Å². The van der Waals surface area contributed by atoms with E-state index in [0.717, 1.165) is 20.8 Å². The molecule has 6 heteroatoms. The van der Waals surface area contributed by atoms with Crippen LogP contribution in [-0.2, 0) is 6.54 Å². The lowest BCUT2D eigenvalue weighted by atomic mass is 10.3. The van der Waals surface area contributed by atoms with E-state index in [1.165, 1.54) is 0 Å². The second-order valence-corrected chi connectivity index (χ2v) is 4.58. The summed E-state index contributed by atoms with van der Waals surface area (Å²) in [6.45, 7) is 2.53. The first-order valence-corrected chi connectivity index (χ1v) is 6.18. The van der Waals surface area contributed by atoms with E-state index >= 15 is 0 Å². The lowest BCUT2D eigenvalue weighted by molar-refractivity contribution is 1.01. The number of aryl methyl sites for hydroxylation is 1. The molecule has 0 unspecified atom stereocenters. The van der Waals surface area contributed by atoms with Crippen LogP contribution in [0.1, 0.15) is 11.4 Å². The molecule has 0 saturated heterocycles. The molecule has 0 fully saturated rings. The number of nitrogens with zero attached hydrogens (tertiary/aromatic N) is 3. The fourth-order valence-corrected chi connectivity index (χ4v) is 1.81. The number of hydrogen-bond acceptors (Lipinski definition) is 5. The first kappa shape index (κ1) is 12.0. The highest BCUT2D eigenvalue weighted by atomic mass is 127. The van der Waals surface area contributed by atoms with Crippen molar-refractivity contribution in [1.29, 1.82) is 0 Å². The number of hydrogen-bond donors (Lipinski definition) is 2. The zero-order valence-electron chi connectivity index (χ0n) is 9.31. The Morgan fingerprint density at radius 2 is 2.18 bits per heavy atom. The minimum atomic E-state index is 0.284. The van der Waals surface area contributed by atoms with Gasteiger partial charge in [-0.15, -0.1) is 0 Å². The highest BCUT2D eigenvalue weighted by Crippen LogP contribution is 2.19. The maximum atomic E-state index is 5.62. The Labute approximate surface area is 113 Å². The van der Waals surface area contributed by atoms with E-state index in [9.17, 15) is 0 Å². The van der Waals surface area contributed by atoms with Crippen molar-refractivity contribution >= 4 is 34.4 Å². The second kappa shape index (κ2) is 5.26. The van der Waals surface area contributed by atoms with E-state index in [2.05, 4.69) is 42.9 Å². The molecular formula is C11H12IN5. The number of anilines is 2. The van der Waals surface area contributed by atoms with Crippen LogP contribution in [0.15, 0.2) is 24.4 Å². The van der Waals surface area contributed by atoms with Crippen molar-refractivity contribution < 1.29 is 0 Å². The molecule has 0 bridgehead atoms. The lowest BCUT2D eigenvalue weighted by Gasteiger charge is -2.09. The van der Waals surface area contributed by atoms with E-state index in [0.29, 0.717) is 6.54 Å². The first-order valence-electron chi connectivity index (χ1n) is 5.10. The molecule has 0 saturated carbocycles. The normalized spacial score (nSPS) is 10.2. The van der Waals surface area contributed by atoms with Crippen LogP contribution in [0.4, 0.5) is 11.8 Å². The number of nitrogen functional groups attached to an aromatic ring is 1. The highest BCUT2D eigenvalue weighted by molar-refractivity contribution is 14.1. The number of aromatic nitrogens is 3. The van der Waals surface area contributed by atoms with Gasteiger partial charge in [-0.05, 0) is 41.6 Å². The molecule has 2 heterocycles. The van der Waals surface area contributed by atoms with Crippen molar-refractivity contribution in [2.24, 2.45) is 0 Å². The molecule has 0 atom stereocenters. The van der Waals surface area contributed by atoms with Gasteiger partial charge < -0.3 is 11.1 Å². The van der Waals surface area contributed by atoms with Gasteiger partial charge in [0.1, 0.15) is 5.82 Å². The zero-order chi connectivity index (χ0) is 12.3. The standard InChI is InChI=1S/C11H12IN5/c1-7-9(12)10(17-11(13)16-7)15-6-8-4-2-3-5-14-8/h2-5H,6H2,1H3,(H3,13,15,16,17). The summed E-state index contributed by atoms with van der Waals surface area (Å²) in [5, 5.41) is 3.21. The second-order valence-electron chi connectivity index (χ2n) is 3.50. The van der Waals surface area contributed by atoms with Crippen LogP contribution in [0, 0.1) is 10.5 Å². The van der Waals surface area contributed by atoms with Gasteiger partial charge in [-0.2, -0.15) is 4.98 Å². The maximum absolute atomic E-state index is 5.62. The summed E-state index contributed by atoms with van der Waals surface area (Å²) in [7, 11) is 0. The molecule has 2 rings (SSSR count). The Kier molecular flexibility index (Phi) is 3.72. The smallest absolute Gasteiger partial charge is 0.222 e. The van der Waals surface area contributed by atoms with E-state index in [-0.39, 0.29) is 5.95 Å². The third kappa shape index (κ3) is 3.02. The van der Waals surface area contributed by atoms with Gasteiger partial charge in [0.15, 0.2) is 0 Å². The van der Waals surface area contributed by atoms with Crippen molar-refractivity contribution in [2.75, 3.05) is 11.1 Å². The Balaban J connectivity index is 2.14. The topological polar surface area (TPSA) is 76.7 Å². The van der Waals surface area contributed by atoms with Gasteiger partial charge in [-0.1, -0.05) is 6.07 Å². The van der Waals surface area contributed by atoms with Crippen LogP contribution < -0.4 is 11.1 Å². The SMILES string of the molecule is Cc1nc(N)nc(NCc2ccccn2)c1I. The molecule has 3 N–H and O–H groups in total. The Morgan fingerprint density at radius 3 is 2.88 bits per heavy atom. The summed E-state index contributed by atoms with van der Waals surface area (Å²) in [5.74, 6) is 1.03. The van der Waals surface area contributed by atoms with Gasteiger partial charge in [0, 0.05) is 6.20 Å². The van der Waals surface area contributed by atoms with E-state index in [1.807, 2.05) is 25.1 Å². The molecule has 0 radical (unpaired) electrons. The summed E-state index contributed by atoms with van der Waals surface area (Å²) in [6, 6.07) is 5.80. The Bertz CT molecular complexity index is 515. The van der Waals surface area contributed by atoms with Crippen molar-refractivity contribution in [3.63, 3.8) is 0 Å². The molecule has 2 aromatic heterocycles. The molecule has 0 amide bonds. The summed E-state index contributed by atoms with van der Waals surface area (Å²) in [5.41, 5.74) is 7.45. The number of nitrogens with two attached hydrogens (primary N) is 1. The number of rotatable bonds is 3. The summed E-state index contributed by atoms with van der Waals surface area (Å²) < 4.78 is 0.979. The lowest BCUT2D eigenvalue weighted by Crippen LogP contribution is -2.08. The number of nitrogens with one attached hydrogen (secondary N) is 1. The van der Waals surface area contributed by atoms with Crippen molar-refractivity contribution in [3.05, 3.63) is 39.4 Å². The van der Waals surface area contributed by atoms with Crippen molar-refractivity contribution in [1.82, 2.24) is 15.0 Å². The summed E-state index contributed by atoms with van der Waals surface area (Å²) in [6.07, 6.45) is 1.77. The average Bonchev–Trinajstić information content (AvgIpc) is 2.33. The zero-order valence-corrected chi connectivity index (χ0v) is 11.5. The Morgan fingerprint density at radius 1 is 1.35 bits per heavy atom. The van der Waals surface area contributed by atoms with Gasteiger partial charge in [0.05, 0.1) is 21.5 Å². The van der Waals surface area contributed by atoms with Crippen LogP contribution in [0.2, 0.25) is 0 Å². The van der Waals surface area contributed by atoms with E-state index < -0.39 is 0 Å². The first-order chi connectivity index (χ1) is 8.16. The minimum Gasteiger partial charge on any atom is -0.368 e. The number of pyridine rings is 1. The molecule has 0 spiro atoms. The van der Waals surface area contributed by atoms with Crippen molar-refractivity contribution in [3.8, 4) is 0 Å². The van der Waals surface area contributed by atoms with E-state index in [1.54, 1.807) is 6.20 Å². The molecule has 88 valence electrons. The third-order valence-corrected chi connectivity index (χ3v) is 3.49. The largest absolute Gasteiger partial charge is 0.368 e. The van der Waals surface area contributed by atoms with Gasteiger partial charge in [0.25, 0.3) is 0 Å². The average molecular weight is 341 g/mol. The predicted octanol–water partition coefficient (Wildman–Crippen LogP) is 1.98. The molecule has 0 aliphatic rings. The fraction of sp³-hybridized carbons (Fsp3) is 0.182. The molecule has 0 aliphatic carbocycles.